The summed E-state index contributed by atoms with van der Waals surface area (Å²) in [6.07, 6.45) is 2.25. The van der Waals surface area contributed by atoms with Crippen molar-refractivity contribution in [3.8, 4) is 5.75 Å². The first-order valence-electron chi connectivity index (χ1n) is 6.95. The molecular weight excluding hydrogens is 260 g/mol. The van der Waals surface area contributed by atoms with Crippen molar-refractivity contribution in [2.45, 2.75) is 32.7 Å². The third-order valence-corrected chi connectivity index (χ3v) is 3.54. The van der Waals surface area contributed by atoms with E-state index < -0.39 is 0 Å². The van der Waals surface area contributed by atoms with Crippen LogP contribution in [-0.2, 0) is 0 Å². The van der Waals surface area contributed by atoms with Crippen LogP contribution in [0, 0.1) is 0 Å². The van der Waals surface area contributed by atoms with Gasteiger partial charge in [-0.1, -0.05) is 31.5 Å². The number of benzene rings is 1. The van der Waals surface area contributed by atoms with E-state index in [1.165, 1.54) is 0 Å². The van der Waals surface area contributed by atoms with E-state index in [2.05, 4.69) is 24.8 Å². The summed E-state index contributed by atoms with van der Waals surface area (Å²) in [7, 11) is 1.63. The van der Waals surface area contributed by atoms with Gasteiger partial charge < -0.3 is 10.5 Å². The third-order valence-electron chi connectivity index (χ3n) is 3.25. The SMILES string of the molecule is CCCN(CCC)C(CN)c1ccc(OC)c(Cl)c1. The van der Waals surface area contributed by atoms with Gasteiger partial charge in [0.05, 0.1) is 12.1 Å². The summed E-state index contributed by atoms with van der Waals surface area (Å²) < 4.78 is 5.19. The summed E-state index contributed by atoms with van der Waals surface area (Å²) in [5.41, 5.74) is 7.13. The maximum Gasteiger partial charge on any atom is 0.137 e. The number of ether oxygens (including phenoxy) is 1. The Labute approximate surface area is 121 Å². The van der Waals surface area contributed by atoms with Gasteiger partial charge in [-0.25, -0.2) is 0 Å². The predicted octanol–water partition coefficient (Wildman–Crippen LogP) is 3.47. The Hall–Kier alpha value is -0.770. The third kappa shape index (κ3) is 4.37. The first kappa shape index (κ1) is 16.3. The monoisotopic (exact) mass is 284 g/mol. The Kier molecular flexibility index (Phi) is 7.21. The zero-order valence-electron chi connectivity index (χ0n) is 12.2. The fraction of sp³-hybridized carbons (Fsp3) is 0.600. The summed E-state index contributed by atoms with van der Waals surface area (Å²) >= 11 is 6.21. The predicted molar refractivity (Wildman–Crippen MR) is 82.0 cm³/mol. The maximum atomic E-state index is 6.21. The number of hydrogen-bond acceptors (Lipinski definition) is 3. The fourth-order valence-electron chi connectivity index (χ4n) is 2.38. The van der Waals surface area contributed by atoms with Crippen molar-refractivity contribution in [2.24, 2.45) is 5.73 Å². The van der Waals surface area contributed by atoms with Gasteiger partial charge >= 0.3 is 0 Å². The molecule has 0 spiro atoms. The molecule has 0 aromatic heterocycles. The Morgan fingerprint density at radius 1 is 1.26 bits per heavy atom. The van der Waals surface area contributed by atoms with E-state index in [1.807, 2.05) is 12.1 Å². The largest absolute Gasteiger partial charge is 0.495 e. The number of halogens is 1. The van der Waals surface area contributed by atoms with Crippen LogP contribution in [0.5, 0.6) is 5.75 Å². The zero-order valence-corrected chi connectivity index (χ0v) is 12.9. The number of nitrogens with two attached hydrogens (primary N) is 1. The molecule has 1 unspecified atom stereocenters. The minimum absolute atomic E-state index is 0.225. The van der Waals surface area contributed by atoms with Crippen LogP contribution in [-0.4, -0.2) is 31.6 Å². The highest BCUT2D eigenvalue weighted by Gasteiger charge is 2.18. The minimum atomic E-state index is 0.225. The van der Waals surface area contributed by atoms with E-state index in [1.54, 1.807) is 7.11 Å². The average molecular weight is 285 g/mol. The highest BCUT2D eigenvalue weighted by atomic mass is 35.5. The van der Waals surface area contributed by atoms with Gasteiger partial charge in [0.1, 0.15) is 5.75 Å². The van der Waals surface area contributed by atoms with Crippen LogP contribution < -0.4 is 10.5 Å². The number of hydrogen-bond donors (Lipinski definition) is 1. The molecule has 1 aromatic rings. The van der Waals surface area contributed by atoms with E-state index in [4.69, 9.17) is 22.1 Å². The smallest absolute Gasteiger partial charge is 0.137 e. The van der Waals surface area contributed by atoms with Crippen molar-refractivity contribution in [2.75, 3.05) is 26.7 Å². The van der Waals surface area contributed by atoms with Gasteiger partial charge in [0.2, 0.25) is 0 Å². The maximum absolute atomic E-state index is 6.21. The van der Waals surface area contributed by atoms with Gasteiger partial charge in [0.15, 0.2) is 0 Å². The Morgan fingerprint density at radius 2 is 1.89 bits per heavy atom. The van der Waals surface area contributed by atoms with Gasteiger partial charge in [0, 0.05) is 12.6 Å². The molecule has 1 rings (SSSR count). The first-order chi connectivity index (χ1) is 9.17. The Balaban J connectivity index is 2.96. The minimum Gasteiger partial charge on any atom is -0.495 e. The molecular formula is C15H25ClN2O. The molecule has 0 fully saturated rings. The summed E-state index contributed by atoms with van der Waals surface area (Å²) in [4.78, 5) is 2.43. The van der Waals surface area contributed by atoms with Crippen molar-refractivity contribution in [3.63, 3.8) is 0 Å². The molecule has 0 saturated carbocycles. The lowest BCUT2D eigenvalue weighted by molar-refractivity contribution is 0.202. The van der Waals surface area contributed by atoms with Crippen LogP contribution in [0.25, 0.3) is 0 Å². The van der Waals surface area contributed by atoms with Crippen LogP contribution in [0.2, 0.25) is 5.02 Å². The molecule has 0 aliphatic carbocycles. The van der Waals surface area contributed by atoms with Crippen molar-refractivity contribution in [1.82, 2.24) is 4.90 Å². The van der Waals surface area contributed by atoms with Gasteiger partial charge in [-0.15, -0.1) is 0 Å². The standard InChI is InChI=1S/C15H25ClN2O/c1-4-8-18(9-5-2)14(11-17)12-6-7-15(19-3)13(16)10-12/h6-7,10,14H,4-5,8-9,11,17H2,1-3H3. The molecule has 0 amide bonds. The molecule has 108 valence electrons. The number of nitrogens with zero attached hydrogens (tertiary/aromatic N) is 1. The Morgan fingerprint density at radius 3 is 2.32 bits per heavy atom. The van der Waals surface area contributed by atoms with E-state index >= 15 is 0 Å². The lowest BCUT2D eigenvalue weighted by Crippen LogP contribution is -2.35. The normalized spacial score (nSPS) is 12.7. The van der Waals surface area contributed by atoms with E-state index in [0.717, 1.165) is 31.5 Å². The van der Waals surface area contributed by atoms with Gasteiger partial charge in [0.25, 0.3) is 0 Å². The van der Waals surface area contributed by atoms with Crippen molar-refractivity contribution < 1.29 is 4.74 Å². The van der Waals surface area contributed by atoms with Gasteiger partial charge in [-0.05, 0) is 43.6 Å². The van der Waals surface area contributed by atoms with Crippen molar-refractivity contribution >= 4 is 11.6 Å². The van der Waals surface area contributed by atoms with E-state index in [-0.39, 0.29) is 6.04 Å². The first-order valence-corrected chi connectivity index (χ1v) is 7.33. The second-order valence-electron chi connectivity index (χ2n) is 4.68. The summed E-state index contributed by atoms with van der Waals surface area (Å²) in [6.45, 7) is 7.09. The lowest BCUT2D eigenvalue weighted by atomic mass is 10.0. The molecule has 3 nitrogen and oxygen atoms in total. The summed E-state index contributed by atoms with van der Waals surface area (Å²) in [5, 5.41) is 0.645. The molecule has 1 aromatic carbocycles. The zero-order chi connectivity index (χ0) is 14.3. The highest BCUT2D eigenvalue weighted by molar-refractivity contribution is 6.32. The average Bonchev–Trinajstić information content (AvgIpc) is 2.40. The number of rotatable bonds is 8. The van der Waals surface area contributed by atoms with Gasteiger partial charge in [-0.3, -0.25) is 4.90 Å². The summed E-state index contributed by atoms with van der Waals surface area (Å²) in [6, 6.07) is 6.16. The second kappa shape index (κ2) is 8.41. The summed E-state index contributed by atoms with van der Waals surface area (Å²) in [5.74, 6) is 0.707. The second-order valence-corrected chi connectivity index (χ2v) is 5.09. The van der Waals surface area contributed by atoms with Crippen molar-refractivity contribution in [1.29, 1.82) is 0 Å². The van der Waals surface area contributed by atoms with Crippen LogP contribution in [0.4, 0.5) is 0 Å². The molecule has 0 aliphatic rings. The molecule has 0 aliphatic heterocycles. The van der Waals surface area contributed by atoms with Gasteiger partial charge in [-0.2, -0.15) is 0 Å². The van der Waals surface area contributed by atoms with Crippen LogP contribution >= 0.6 is 11.6 Å². The van der Waals surface area contributed by atoms with Crippen LogP contribution in [0.1, 0.15) is 38.3 Å². The van der Waals surface area contributed by atoms with E-state index in [0.29, 0.717) is 17.3 Å². The topological polar surface area (TPSA) is 38.5 Å². The van der Waals surface area contributed by atoms with Crippen molar-refractivity contribution in [3.05, 3.63) is 28.8 Å². The van der Waals surface area contributed by atoms with E-state index in [9.17, 15) is 0 Å². The Bertz CT molecular complexity index is 378. The molecule has 2 N–H and O–H groups in total. The highest BCUT2D eigenvalue weighted by Crippen LogP contribution is 2.29. The fourth-order valence-corrected chi connectivity index (χ4v) is 2.65. The molecule has 1 atom stereocenters. The van der Waals surface area contributed by atoms with Crippen LogP contribution in [0.15, 0.2) is 18.2 Å². The quantitative estimate of drug-likeness (QED) is 0.794. The molecule has 0 bridgehead atoms. The lowest BCUT2D eigenvalue weighted by Gasteiger charge is -2.31. The number of methoxy groups -OCH3 is 1. The molecule has 0 radical (unpaired) electrons. The molecule has 4 heteroatoms. The molecule has 19 heavy (non-hydrogen) atoms. The van der Waals surface area contributed by atoms with Crippen LogP contribution in [0.3, 0.4) is 0 Å². The molecule has 0 heterocycles. The molecule has 0 saturated heterocycles.